The Morgan fingerprint density at radius 3 is 2.74 bits per heavy atom. The summed E-state index contributed by atoms with van der Waals surface area (Å²) in [5.74, 6) is 0. The van der Waals surface area contributed by atoms with Crippen LogP contribution in [-0.4, -0.2) is 14.8 Å². The van der Waals surface area contributed by atoms with Crippen molar-refractivity contribution in [2.75, 3.05) is 0 Å². The number of pyridine rings is 1. The standard InChI is InChI=1S/C15H14IN3/c1-3-10-4-11-6-15(12-7-18-19(2)9-12)17-8-13(11)14(16)5-10/h4-9H,3H2,1-2H3. The smallest absolute Gasteiger partial charge is 0.0739 e. The lowest BCUT2D eigenvalue weighted by Gasteiger charge is -2.06. The molecule has 0 atom stereocenters. The summed E-state index contributed by atoms with van der Waals surface area (Å²) in [6.45, 7) is 2.18. The summed E-state index contributed by atoms with van der Waals surface area (Å²) < 4.78 is 3.06. The molecule has 0 saturated heterocycles. The Kier molecular flexibility index (Phi) is 3.26. The van der Waals surface area contributed by atoms with E-state index in [1.165, 1.54) is 19.9 Å². The largest absolute Gasteiger partial charge is 0.275 e. The fourth-order valence-electron chi connectivity index (χ4n) is 2.19. The van der Waals surface area contributed by atoms with Crippen LogP contribution < -0.4 is 0 Å². The molecule has 0 amide bonds. The highest BCUT2D eigenvalue weighted by Crippen LogP contribution is 2.26. The fraction of sp³-hybridized carbons (Fsp3) is 0.200. The maximum atomic E-state index is 4.55. The number of nitrogens with zero attached hydrogens (tertiary/aromatic N) is 3. The first-order valence-electron chi connectivity index (χ1n) is 6.24. The minimum absolute atomic E-state index is 0.977. The molecule has 3 nitrogen and oxygen atoms in total. The van der Waals surface area contributed by atoms with E-state index < -0.39 is 0 Å². The van der Waals surface area contributed by atoms with Gasteiger partial charge in [-0.3, -0.25) is 9.67 Å². The molecular weight excluding hydrogens is 349 g/mol. The number of aromatic nitrogens is 3. The van der Waals surface area contributed by atoms with Gasteiger partial charge < -0.3 is 0 Å². The fourth-order valence-corrected chi connectivity index (χ4v) is 3.04. The average Bonchev–Trinajstić information content (AvgIpc) is 2.84. The second-order valence-corrected chi connectivity index (χ2v) is 5.79. The van der Waals surface area contributed by atoms with Crippen molar-refractivity contribution < 1.29 is 0 Å². The number of benzene rings is 1. The molecular formula is C15H14IN3. The second-order valence-electron chi connectivity index (χ2n) is 4.62. The molecule has 96 valence electrons. The summed E-state index contributed by atoms with van der Waals surface area (Å²) >= 11 is 2.38. The number of halogens is 1. The molecule has 0 bridgehead atoms. The van der Waals surface area contributed by atoms with Crippen molar-refractivity contribution in [2.45, 2.75) is 13.3 Å². The molecule has 0 fully saturated rings. The van der Waals surface area contributed by atoms with Crippen molar-refractivity contribution in [3.63, 3.8) is 0 Å². The summed E-state index contributed by atoms with van der Waals surface area (Å²) in [6.07, 6.45) is 6.85. The zero-order chi connectivity index (χ0) is 13.4. The van der Waals surface area contributed by atoms with Gasteiger partial charge in [-0.1, -0.05) is 13.0 Å². The van der Waals surface area contributed by atoms with E-state index in [0.717, 1.165) is 17.7 Å². The molecule has 0 aliphatic rings. The van der Waals surface area contributed by atoms with Gasteiger partial charge in [-0.2, -0.15) is 5.10 Å². The Labute approximate surface area is 125 Å². The summed E-state index contributed by atoms with van der Waals surface area (Å²) in [5.41, 5.74) is 3.39. The summed E-state index contributed by atoms with van der Waals surface area (Å²) in [4.78, 5) is 4.55. The number of rotatable bonds is 2. The average molecular weight is 363 g/mol. The van der Waals surface area contributed by atoms with Gasteiger partial charge in [-0.15, -0.1) is 0 Å². The third-order valence-corrected chi connectivity index (χ3v) is 4.15. The van der Waals surface area contributed by atoms with Crippen LogP contribution in [0.4, 0.5) is 0 Å². The Morgan fingerprint density at radius 1 is 1.21 bits per heavy atom. The van der Waals surface area contributed by atoms with Crippen molar-refractivity contribution in [3.05, 3.63) is 45.9 Å². The maximum Gasteiger partial charge on any atom is 0.0739 e. The van der Waals surface area contributed by atoms with E-state index in [1.807, 2.05) is 25.6 Å². The molecule has 4 heteroatoms. The number of fused-ring (bicyclic) bond motifs is 1. The Hall–Kier alpha value is -1.43. The van der Waals surface area contributed by atoms with Crippen LogP contribution in [-0.2, 0) is 13.5 Å². The van der Waals surface area contributed by atoms with Crippen LogP contribution >= 0.6 is 22.6 Å². The van der Waals surface area contributed by atoms with Crippen LogP contribution in [0.3, 0.4) is 0 Å². The molecule has 2 heterocycles. The van der Waals surface area contributed by atoms with Gasteiger partial charge in [0.1, 0.15) is 0 Å². The lowest BCUT2D eigenvalue weighted by Crippen LogP contribution is -1.88. The predicted molar refractivity (Wildman–Crippen MR) is 86.0 cm³/mol. The van der Waals surface area contributed by atoms with Crippen LogP contribution in [0.5, 0.6) is 0 Å². The monoisotopic (exact) mass is 363 g/mol. The maximum absolute atomic E-state index is 4.55. The van der Waals surface area contributed by atoms with Gasteiger partial charge in [0, 0.05) is 34.0 Å². The first-order chi connectivity index (χ1) is 9.17. The van der Waals surface area contributed by atoms with Crippen LogP contribution in [0.25, 0.3) is 22.0 Å². The van der Waals surface area contributed by atoms with E-state index in [1.54, 1.807) is 4.68 Å². The number of hydrogen-bond acceptors (Lipinski definition) is 2. The highest BCUT2D eigenvalue weighted by molar-refractivity contribution is 14.1. The quantitative estimate of drug-likeness (QED) is 0.649. The van der Waals surface area contributed by atoms with Crippen LogP contribution in [0.15, 0.2) is 36.8 Å². The van der Waals surface area contributed by atoms with Crippen LogP contribution in [0.2, 0.25) is 0 Å². The summed E-state index contributed by atoms with van der Waals surface area (Å²) in [7, 11) is 1.92. The van der Waals surface area contributed by atoms with E-state index in [2.05, 4.69) is 57.8 Å². The van der Waals surface area contributed by atoms with Gasteiger partial charge in [-0.05, 0) is 52.1 Å². The van der Waals surface area contributed by atoms with Crippen molar-refractivity contribution in [1.82, 2.24) is 14.8 Å². The zero-order valence-corrected chi connectivity index (χ0v) is 13.0. The molecule has 0 aliphatic heterocycles. The topological polar surface area (TPSA) is 30.7 Å². The zero-order valence-electron chi connectivity index (χ0n) is 10.9. The minimum Gasteiger partial charge on any atom is -0.275 e. The molecule has 0 saturated carbocycles. The Balaban J connectivity index is 2.19. The van der Waals surface area contributed by atoms with Crippen molar-refractivity contribution in [1.29, 1.82) is 0 Å². The van der Waals surface area contributed by atoms with Gasteiger partial charge in [0.2, 0.25) is 0 Å². The molecule has 19 heavy (non-hydrogen) atoms. The molecule has 0 unspecified atom stereocenters. The lowest BCUT2D eigenvalue weighted by atomic mass is 10.1. The van der Waals surface area contributed by atoms with Gasteiger partial charge in [-0.25, -0.2) is 0 Å². The first-order valence-corrected chi connectivity index (χ1v) is 7.32. The van der Waals surface area contributed by atoms with E-state index in [0.29, 0.717) is 0 Å². The molecule has 0 aliphatic carbocycles. The van der Waals surface area contributed by atoms with E-state index in [4.69, 9.17) is 0 Å². The third-order valence-electron chi connectivity index (χ3n) is 3.26. The van der Waals surface area contributed by atoms with E-state index in [-0.39, 0.29) is 0 Å². The van der Waals surface area contributed by atoms with E-state index in [9.17, 15) is 0 Å². The lowest BCUT2D eigenvalue weighted by molar-refractivity contribution is 0.768. The second kappa shape index (κ2) is 4.92. The van der Waals surface area contributed by atoms with Crippen molar-refractivity contribution in [3.8, 4) is 11.3 Å². The summed E-state index contributed by atoms with van der Waals surface area (Å²) in [5, 5.41) is 6.66. The van der Waals surface area contributed by atoms with Gasteiger partial charge in [0.25, 0.3) is 0 Å². The van der Waals surface area contributed by atoms with Crippen LogP contribution in [0, 0.1) is 3.57 Å². The molecule has 3 rings (SSSR count). The highest BCUT2D eigenvalue weighted by atomic mass is 127. The summed E-state index contributed by atoms with van der Waals surface area (Å²) in [6, 6.07) is 6.63. The van der Waals surface area contributed by atoms with Gasteiger partial charge in [0.15, 0.2) is 0 Å². The molecule has 3 aromatic rings. The van der Waals surface area contributed by atoms with Gasteiger partial charge in [0.05, 0.1) is 11.9 Å². The van der Waals surface area contributed by atoms with Gasteiger partial charge >= 0.3 is 0 Å². The molecule has 0 spiro atoms. The van der Waals surface area contributed by atoms with E-state index >= 15 is 0 Å². The number of hydrogen-bond donors (Lipinski definition) is 0. The molecule has 0 radical (unpaired) electrons. The number of aryl methyl sites for hydroxylation is 2. The first kappa shape index (κ1) is 12.6. The minimum atomic E-state index is 0.977. The normalized spacial score (nSPS) is 11.1. The molecule has 2 aromatic heterocycles. The predicted octanol–water partition coefficient (Wildman–Crippen LogP) is 3.80. The highest BCUT2D eigenvalue weighted by Gasteiger charge is 2.06. The van der Waals surface area contributed by atoms with Crippen molar-refractivity contribution in [2.24, 2.45) is 7.05 Å². The molecule has 0 N–H and O–H groups in total. The third kappa shape index (κ3) is 2.36. The Morgan fingerprint density at radius 2 is 2.05 bits per heavy atom. The van der Waals surface area contributed by atoms with Crippen molar-refractivity contribution >= 4 is 33.4 Å². The Bertz CT molecular complexity index is 746. The SMILES string of the molecule is CCc1cc(I)c2cnc(-c3cnn(C)c3)cc2c1. The molecule has 1 aromatic carbocycles. The van der Waals surface area contributed by atoms with Crippen LogP contribution in [0.1, 0.15) is 12.5 Å².